The van der Waals surface area contributed by atoms with Gasteiger partial charge >= 0.3 is 0 Å². The Bertz CT molecular complexity index is 589. The minimum absolute atomic E-state index is 0.128. The van der Waals surface area contributed by atoms with Gasteiger partial charge in [-0.25, -0.2) is 4.39 Å². The van der Waals surface area contributed by atoms with Gasteiger partial charge in [0.05, 0.1) is 11.6 Å². The smallest absolute Gasteiger partial charge is 0.252 e. The molecule has 0 fully saturated rings. The molecule has 0 saturated carbocycles. The van der Waals surface area contributed by atoms with Crippen LogP contribution in [0.3, 0.4) is 0 Å². The molecule has 3 nitrogen and oxygen atoms in total. The van der Waals surface area contributed by atoms with Crippen LogP contribution in [0.25, 0.3) is 0 Å². The summed E-state index contributed by atoms with van der Waals surface area (Å²) in [4.78, 5) is 16.0. The van der Waals surface area contributed by atoms with Crippen LogP contribution in [-0.2, 0) is 0 Å². The SMILES string of the molecule is CC(NC(=O)c1ccc(F)cc1I)c1ccncc1. The fourth-order valence-electron chi connectivity index (χ4n) is 1.68. The van der Waals surface area contributed by atoms with Gasteiger partial charge in [0.2, 0.25) is 0 Å². The Morgan fingerprint density at radius 2 is 2.00 bits per heavy atom. The van der Waals surface area contributed by atoms with E-state index in [4.69, 9.17) is 0 Å². The van der Waals surface area contributed by atoms with E-state index in [-0.39, 0.29) is 17.8 Å². The number of hydrogen-bond acceptors (Lipinski definition) is 2. The van der Waals surface area contributed by atoms with E-state index in [0.29, 0.717) is 9.13 Å². The van der Waals surface area contributed by atoms with Crippen LogP contribution >= 0.6 is 22.6 Å². The van der Waals surface area contributed by atoms with E-state index in [9.17, 15) is 9.18 Å². The monoisotopic (exact) mass is 370 g/mol. The molecule has 2 rings (SSSR count). The van der Waals surface area contributed by atoms with Gasteiger partial charge in [-0.05, 0) is 65.4 Å². The van der Waals surface area contributed by atoms with Gasteiger partial charge in [0, 0.05) is 16.0 Å². The van der Waals surface area contributed by atoms with Gasteiger partial charge < -0.3 is 5.32 Å². The topological polar surface area (TPSA) is 42.0 Å². The second kappa shape index (κ2) is 6.10. The average molecular weight is 370 g/mol. The summed E-state index contributed by atoms with van der Waals surface area (Å²) in [6.07, 6.45) is 3.36. The molecule has 0 aliphatic heterocycles. The second-order valence-electron chi connectivity index (χ2n) is 4.10. The Morgan fingerprint density at radius 1 is 1.32 bits per heavy atom. The van der Waals surface area contributed by atoms with Gasteiger partial charge in [-0.3, -0.25) is 9.78 Å². The van der Waals surface area contributed by atoms with Crippen molar-refractivity contribution in [2.45, 2.75) is 13.0 Å². The molecule has 1 amide bonds. The Hall–Kier alpha value is -1.50. The van der Waals surface area contributed by atoms with E-state index in [1.807, 2.05) is 41.6 Å². The zero-order chi connectivity index (χ0) is 13.8. The van der Waals surface area contributed by atoms with Crippen LogP contribution in [0.5, 0.6) is 0 Å². The molecule has 98 valence electrons. The van der Waals surface area contributed by atoms with Crippen molar-refractivity contribution in [3.05, 3.63) is 63.2 Å². The molecule has 0 aliphatic carbocycles. The predicted molar refractivity (Wildman–Crippen MR) is 79.2 cm³/mol. The fraction of sp³-hybridized carbons (Fsp3) is 0.143. The summed E-state index contributed by atoms with van der Waals surface area (Å²) < 4.78 is 13.6. The summed E-state index contributed by atoms with van der Waals surface area (Å²) >= 11 is 1.95. The van der Waals surface area contributed by atoms with Crippen molar-refractivity contribution in [2.24, 2.45) is 0 Å². The molecule has 2 aromatic rings. The molecule has 0 bridgehead atoms. The third kappa shape index (κ3) is 3.50. The van der Waals surface area contributed by atoms with Gasteiger partial charge in [-0.15, -0.1) is 0 Å². The lowest BCUT2D eigenvalue weighted by Crippen LogP contribution is -2.27. The van der Waals surface area contributed by atoms with E-state index in [1.54, 1.807) is 12.4 Å². The van der Waals surface area contributed by atoms with Crippen molar-refractivity contribution in [1.82, 2.24) is 10.3 Å². The normalized spacial score (nSPS) is 11.9. The summed E-state index contributed by atoms with van der Waals surface area (Å²) in [5.74, 6) is -0.558. The average Bonchev–Trinajstić information content (AvgIpc) is 2.39. The highest BCUT2D eigenvalue weighted by atomic mass is 127. The van der Waals surface area contributed by atoms with Crippen molar-refractivity contribution in [1.29, 1.82) is 0 Å². The lowest BCUT2D eigenvalue weighted by Gasteiger charge is -2.14. The van der Waals surface area contributed by atoms with Crippen molar-refractivity contribution >= 4 is 28.5 Å². The third-order valence-electron chi connectivity index (χ3n) is 2.73. The van der Waals surface area contributed by atoms with Crippen molar-refractivity contribution < 1.29 is 9.18 Å². The Labute approximate surface area is 124 Å². The van der Waals surface area contributed by atoms with Crippen LogP contribution in [0.4, 0.5) is 4.39 Å². The summed E-state index contributed by atoms with van der Waals surface area (Å²) in [6, 6.07) is 7.68. The molecular formula is C14H12FIN2O. The molecule has 1 N–H and O–H groups in total. The van der Waals surface area contributed by atoms with Crippen LogP contribution < -0.4 is 5.32 Å². The first-order valence-corrected chi connectivity index (χ1v) is 6.81. The molecular weight excluding hydrogens is 358 g/mol. The first-order chi connectivity index (χ1) is 9.08. The standard InChI is InChI=1S/C14H12FIN2O/c1-9(10-4-6-17-7-5-10)18-14(19)12-3-2-11(15)8-13(12)16/h2-9H,1H3,(H,18,19). The van der Waals surface area contributed by atoms with Crippen molar-refractivity contribution in [3.63, 3.8) is 0 Å². The highest BCUT2D eigenvalue weighted by molar-refractivity contribution is 14.1. The van der Waals surface area contributed by atoms with Crippen LogP contribution in [0.2, 0.25) is 0 Å². The van der Waals surface area contributed by atoms with Crippen molar-refractivity contribution in [3.8, 4) is 0 Å². The van der Waals surface area contributed by atoms with E-state index >= 15 is 0 Å². The molecule has 19 heavy (non-hydrogen) atoms. The number of rotatable bonds is 3. The molecule has 1 atom stereocenters. The Balaban J connectivity index is 2.13. The van der Waals surface area contributed by atoms with Crippen LogP contribution in [0.1, 0.15) is 28.9 Å². The summed E-state index contributed by atoms with van der Waals surface area (Å²) in [7, 11) is 0. The number of nitrogens with one attached hydrogen (secondary N) is 1. The first kappa shape index (κ1) is 13.9. The highest BCUT2D eigenvalue weighted by Gasteiger charge is 2.14. The van der Waals surface area contributed by atoms with E-state index < -0.39 is 0 Å². The molecule has 1 aromatic carbocycles. The third-order valence-corrected chi connectivity index (χ3v) is 3.62. The molecule has 1 aromatic heterocycles. The van der Waals surface area contributed by atoms with E-state index in [2.05, 4.69) is 10.3 Å². The highest BCUT2D eigenvalue weighted by Crippen LogP contribution is 2.16. The van der Waals surface area contributed by atoms with Gasteiger partial charge in [0.25, 0.3) is 5.91 Å². The minimum atomic E-state index is -0.344. The minimum Gasteiger partial charge on any atom is -0.345 e. The largest absolute Gasteiger partial charge is 0.345 e. The number of aromatic nitrogens is 1. The first-order valence-electron chi connectivity index (χ1n) is 5.74. The Morgan fingerprint density at radius 3 is 2.63 bits per heavy atom. The van der Waals surface area contributed by atoms with Gasteiger partial charge in [-0.1, -0.05) is 0 Å². The summed E-state index contributed by atoms with van der Waals surface area (Å²) in [5.41, 5.74) is 1.45. The number of nitrogens with zero attached hydrogens (tertiary/aromatic N) is 1. The molecule has 0 aliphatic rings. The zero-order valence-corrected chi connectivity index (χ0v) is 12.4. The molecule has 0 spiro atoms. The van der Waals surface area contributed by atoms with Gasteiger partial charge in [0.1, 0.15) is 5.82 Å². The number of pyridine rings is 1. The second-order valence-corrected chi connectivity index (χ2v) is 5.26. The van der Waals surface area contributed by atoms with Crippen molar-refractivity contribution in [2.75, 3.05) is 0 Å². The zero-order valence-electron chi connectivity index (χ0n) is 10.2. The number of halogens is 2. The number of carbonyl (C=O) groups excluding carboxylic acids is 1. The predicted octanol–water partition coefficient (Wildman–Crippen LogP) is 3.32. The summed E-state index contributed by atoms with van der Waals surface area (Å²) in [6.45, 7) is 1.89. The maximum atomic E-state index is 13.0. The van der Waals surface area contributed by atoms with Gasteiger partial charge in [0.15, 0.2) is 0 Å². The number of benzene rings is 1. The number of amides is 1. The Kier molecular flexibility index (Phi) is 4.47. The number of carbonyl (C=O) groups is 1. The lowest BCUT2D eigenvalue weighted by atomic mass is 10.1. The van der Waals surface area contributed by atoms with E-state index in [1.165, 1.54) is 18.2 Å². The van der Waals surface area contributed by atoms with Gasteiger partial charge in [-0.2, -0.15) is 0 Å². The summed E-state index contributed by atoms with van der Waals surface area (Å²) in [5, 5.41) is 2.88. The fourth-order valence-corrected chi connectivity index (χ4v) is 2.41. The van der Waals surface area contributed by atoms with Crippen LogP contribution in [0.15, 0.2) is 42.7 Å². The molecule has 0 radical (unpaired) electrons. The molecule has 1 heterocycles. The molecule has 1 unspecified atom stereocenters. The maximum Gasteiger partial charge on any atom is 0.252 e. The van der Waals surface area contributed by atoms with Crippen LogP contribution in [0, 0.1) is 9.39 Å². The molecule has 0 saturated heterocycles. The van der Waals surface area contributed by atoms with E-state index in [0.717, 1.165) is 5.56 Å². The maximum absolute atomic E-state index is 13.0. The lowest BCUT2D eigenvalue weighted by molar-refractivity contribution is 0.0939. The molecule has 5 heteroatoms. The number of hydrogen-bond donors (Lipinski definition) is 1. The van der Waals surface area contributed by atoms with Crippen LogP contribution in [-0.4, -0.2) is 10.9 Å². The quantitative estimate of drug-likeness (QED) is 0.843.